The van der Waals surface area contributed by atoms with Crippen molar-refractivity contribution in [3.63, 3.8) is 0 Å². The molecule has 1 heterocycles. The van der Waals surface area contributed by atoms with Crippen LogP contribution in [-0.2, 0) is 23.9 Å². The van der Waals surface area contributed by atoms with Gasteiger partial charge in [0, 0.05) is 0 Å². The molecule has 1 fully saturated rings. The van der Waals surface area contributed by atoms with Crippen molar-refractivity contribution < 1.29 is 23.9 Å². The second-order valence-electron chi connectivity index (χ2n) is 6.70. The van der Waals surface area contributed by atoms with E-state index in [9.17, 15) is 19.2 Å². The van der Waals surface area contributed by atoms with Gasteiger partial charge in [0.05, 0.1) is 23.1 Å². The van der Waals surface area contributed by atoms with E-state index >= 15 is 0 Å². The van der Waals surface area contributed by atoms with Crippen LogP contribution in [-0.4, -0.2) is 41.2 Å². The van der Waals surface area contributed by atoms with Crippen LogP contribution in [0.1, 0.15) is 25.3 Å². The van der Waals surface area contributed by atoms with Crippen LogP contribution in [0, 0.1) is 23.2 Å². The minimum absolute atomic E-state index is 0.277. The first-order chi connectivity index (χ1) is 13.4. The molecule has 0 unspecified atom stereocenters. The minimum Gasteiger partial charge on any atom is -0.451 e. The van der Waals surface area contributed by atoms with Crippen molar-refractivity contribution in [1.82, 2.24) is 4.90 Å². The lowest BCUT2D eigenvalue weighted by Crippen LogP contribution is -2.39. The van der Waals surface area contributed by atoms with E-state index in [1.807, 2.05) is 18.2 Å². The highest BCUT2D eigenvalue weighted by Crippen LogP contribution is 2.34. The highest BCUT2D eigenvalue weighted by molar-refractivity contribution is 6.07. The van der Waals surface area contributed by atoms with Gasteiger partial charge in [0.1, 0.15) is 12.6 Å². The number of carbonyl (C=O) groups is 4. The number of amides is 3. The van der Waals surface area contributed by atoms with Crippen molar-refractivity contribution in [3.8, 4) is 6.07 Å². The second-order valence-corrected chi connectivity index (χ2v) is 6.70. The number of hydrogen-bond donors (Lipinski definition) is 1. The maximum Gasteiger partial charge on any atom is 0.326 e. The number of esters is 1. The van der Waals surface area contributed by atoms with Crippen molar-refractivity contribution in [2.75, 3.05) is 11.9 Å². The fourth-order valence-electron chi connectivity index (χ4n) is 3.37. The lowest BCUT2D eigenvalue weighted by Gasteiger charge is -2.17. The molecule has 3 rings (SSSR count). The van der Waals surface area contributed by atoms with Gasteiger partial charge in [-0.25, -0.2) is 0 Å². The number of anilines is 1. The molecule has 1 aromatic carbocycles. The van der Waals surface area contributed by atoms with Crippen molar-refractivity contribution in [3.05, 3.63) is 42.0 Å². The lowest BCUT2D eigenvalue weighted by atomic mass is 9.85. The Labute approximate surface area is 161 Å². The van der Waals surface area contributed by atoms with Crippen LogP contribution in [0.5, 0.6) is 0 Å². The van der Waals surface area contributed by atoms with E-state index in [2.05, 4.69) is 5.32 Å². The highest BCUT2D eigenvalue weighted by Gasteiger charge is 2.47. The number of benzene rings is 1. The van der Waals surface area contributed by atoms with Crippen LogP contribution >= 0.6 is 0 Å². The third-order valence-corrected chi connectivity index (χ3v) is 4.87. The number of nitrogens with one attached hydrogen (secondary N) is 1. The van der Waals surface area contributed by atoms with Crippen LogP contribution in [0.15, 0.2) is 36.4 Å². The minimum atomic E-state index is -1.16. The Balaban J connectivity index is 1.57. The average molecular weight is 381 g/mol. The van der Waals surface area contributed by atoms with E-state index in [1.165, 1.54) is 6.92 Å². The predicted octanol–water partition coefficient (Wildman–Crippen LogP) is 1.38. The van der Waals surface area contributed by atoms with E-state index in [4.69, 9.17) is 10.00 Å². The van der Waals surface area contributed by atoms with Crippen LogP contribution in [0.4, 0.5) is 5.69 Å². The molecule has 2 aliphatic rings. The quantitative estimate of drug-likeness (QED) is 0.468. The number of nitriles is 1. The van der Waals surface area contributed by atoms with Gasteiger partial charge < -0.3 is 10.1 Å². The number of likely N-dealkylation sites (tertiary alicyclic amines) is 1. The molecule has 1 aromatic rings. The SMILES string of the molecule is C[C@H](OC(=O)CN1C(=O)[C@H]2CC=CC[C@@H]2C1=O)C(=O)Nc1ccccc1C#N. The van der Waals surface area contributed by atoms with E-state index in [0.29, 0.717) is 18.5 Å². The third-order valence-electron chi connectivity index (χ3n) is 4.87. The van der Waals surface area contributed by atoms with E-state index in [0.717, 1.165) is 4.90 Å². The van der Waals surface area contributed by atoms with Crippen molar-refractivity contribution >= 4 is 29.4 Å². The molecule has 1 N–H and O–H groups in total. The number of para-hydroxylation sites is 1. The van der Waals surface area contributed by atoms with E-state index in [1.54, 1.807) is 24.3 Å². The molecule has 1 saturated heterocycles. The highest BCUT2D eigenvalue weighted by atomic mass is 16.5. The number of carbonyl (C=O) groups excluding carboxylic acids is 4. The molecule has 8 heteroatoms. The van der Waals surface area contributed by atoms with E-state index in [-0.39, 0.29) is 17.4 Å². The van der Waals surface area contributed by atoms with Crippen molar-refractivity contribution in [2.24, 2.45) is 11.8 Å². The number of rotatable bonds is 5. The Morgan fingerprint density at radius 3 is 2.43 bits per heavy atom. The van der Waals surface area contributed by atoms with E-state index < -0.39 is 36.4 Å². The monoisotopic (exact) mass is 381 g/mol. The molecule has 0 aromatic heterocycles. The number of ether oxygens (including phenoxy) is 1. The molecule has 28 heavy (non-hydrogen) atoms. The number of allylic oxidation sites excluding steroid dienone is 2. The molecular weight excluding hydrogens is 362 g/mol. The molecule has 0 spiro atoms. The Morgan fingerprint density at radius 1 is 1.21 bits per heavy atom. The second kappa shape index (κ2) is 8.05. The molecule has 8 nitrogen and oxygen atoms in total. The Morgan fingerprint density at radius 2 is 1.82 bits per heavy atom. The zero-order chi connectivity index (χ0) is 20.3. The molecule has 3 atom stereocenters. The summed E-state index contributed by atoms with van der Waals surface area (Å²) < 4.78 is 5.07. The molecule has 0 bridgehead atoms. The first-order valence-corrected chi connectivity index (χ1v) is 8.92. The maximum atomic E-state index is 12.4. The van der Waals surface area contributed by atoms with Gasteiger partial charge in [-0.1, -0.05) is 24.3 Å². The summed E-state index contributed by atoms with van der Waals surface area (Å²) in [5.41, 5.74) is 0.582. The molecule has 0 saturated carbocycles. The van der Waals surface area contributed by atoms with Gasteiger partial charge in [0.25, 0.3) is 5.91 Å². The Hall–Kier alpha value is -3.47. The molecular formula is C20H19N3O5. The molecule has 1 aliphatic heterocycles. The third kappa shape index (κ3) is 3.78. The van der Waals surface area contributed by atoms with Gasteiger partial charge in [0.15, 0.2) is 6.10 Å². The van der Waals surface area contributed by atoms with Crippen LogP contribution < -0.4 is 5.32 Å². The predicted molar refractivity (Wildman–Crippen MR) is 97.4 cm³/mol. The topological polar surface area (TPSA) is 117 Å². The average Bonchev–Trinajstić information content (AvgIpc) is 2.93. The van der Waals surface area contributed by atoms with Crippen molar-refractivity contribution in [1.29, 1.82) is 5.26 Å². The first-order valence-electron chi connectivity index (χ1n) is 8.92. The van der Waals surface area contributed by atoms with Gasteiger partial charge in [-0.05, 0) is 31.9 Å². The molecule has 1 aliphatic carbocycles. The normalized spacial score (nSPS) is 21.6. The number of hydrogen-bond acceptors (Lipinski definition) is 6. The summed E-state index contributed by atoms with van der Waals surface area (Å²) in [6, 6.07) is 8.38. The maximum absolute atomic E-state index is 12.4. The Kier molecular flexibility index (Phi) is 5.54. The number of imide groups is 1. The summed E-state index contributed by atoms with van der Waals surface area (Å²) in [5.74, 6) is -3.06. The smallest absolute Gasteiger partial charge is 0.326 e. The Bertz CT molecular complexity index is 875. The molecule has 3 amide bonds. The molecule has 144 valence electrons. The molecule has 0 radical (unpaired) electrons. The van der Waals surface area contributed by atoms with Gasteiger partial charge in [-0.2, -0.15) is 5.26 Å². The van der Waals surface area contributed by atoms with Gasteiger partial charge in [-0.15, -0.1) is 0 Å². The standard InChI is InChI=1S/C20H19N3O5/c1-12(18(25)22-16-9-5-2-6-13(16)10-21)28-17(24)11-23-19(26)14-7-3-4-8-15(14)20(23)27/h2-6,9,12,14-15H,7-8,11H2,1H3,(H,22,25)/t12-,14-,15-/m0/s1. The summed E-state index contributed by atoms with van der Waals surface area (Å²) in [6.45, 7) is 0.858. The van der Waals surface area contributed by atoms with Crippen LogP contribution in [0.25, 0.3) is 0 Å². The number of fused-ring (bicyclic) bond motifs is 1. The summed E-state index contributed by atoms with van der Waals surface area (Å²) in [7, 11) is 0. The fourth-order valence-corrected chi connectivity index (χ4v) is 3.37. The van der Waals surface area contributed by atoms with Gasteiger partial charge in [0.2, 0.25) is 11.8 Å². The van der Waals surface area contributed by atoms with Gasteiger partial charge in [-0.3, -0.25) is 24.1 Å². The summed E-state index contributed by atoms with van der Waals surface area (Å²) in [4.78, 5) is 50.1. The largest absolute Gasteiger partial charge is 0.451 e. The zero-order valence-electron chi connectivity index (χ0n) is 15.3. The fraction of sp³-hybridized carbons (Fsp3) is 0.350. The number of nitrogens with zero attached hydrogens (tertiary/aromatic N) is 2. The lowest BCUT2D eigenvalue weighted by molar-refractivity contribution is -0.158. The first kappa shape index (κ1) is 19.3. The van der Waals surface area contributed by atoms with Crippen LogP contribution in [0.2, 0.25) is 0 Å². The summed E-state index contributed by atoms with van der Waals surface area (Å²) >= 11 is 0. The zero-order valence-corrected chi connectivity index (χ0v) is 15.3. The van der Waals surface area contributed by atoms with Crippen molar-refractivity contribution in [2.45, 2.75) is 25.9 Å². The van der Waals surface area contributed by atoms with Crippen LogP contribution in [0.3, 0.4) is 0 Å². The van der Waals surface area contributed by atoms with Gasteiger partial charge >= 0.3 is 5.97 Å². The summed E-state index contributed by atoms with van der Waals surface area (Å²) in [5, 5.41) is 11.6. The summed E-state index contributed by atoms with van der Waals surface area (Å²) in [6.07, 6.45) is 3.53.